The fourth-order valence-electron chi connectivity index (χ4n) is 2.56. The van der Waals surface area contributed by atoms with Crippen molar-refractivity contribution in [3.05, 3.63) is 53.1 Å². The molecule has 6 heteroatoms. The van der Waals surface area contributed by atoms with Crippen LogP contribution in [0.15, 0.2) is 53.1 Å². The van der Waals surface area contributed by atoms with E-state index in [-0.39, 0.29) is 12.5 Å². The summed E-state index contributed by atoms with van der Waals surface area (Å²) in [5, 5.41) is 3.97. The molecule has 0 aliphatic rings. The Bertz CT molecular complexity index is 889. The first-order chi connectivity index (χ1) is 11.6. The van der Waals surface area contributed by atoms with E-state index < -0.39 is 0 Å². The molecule has 0 saturated heterocycles. The molecular formula is C18H17BrN2O3. The Labute approximate surface area is 148 Å². The van der Waals surface area contributed by atoms with Crippen LogP contribution in [0.4, 0.5) is 5.69 Å². The zero-order valence-electron chi connectivity index (χ0n) is 13.4. The average Bonchev–Trinajstić information content (AvgIpc) is 2.96. The summed E-state index contributed by atoms with van der Waals surface area (Å²) in [5.41, 5.74) is 1.67. The lowest BCUT2D eigenvalue weighted by molar-refractivity contribution is -0.116. The summed E-state index contributed by atoms with van der Waals surface area (Å²) in [6.45, 7) is 0.230. The maximum Gasteiger partial charge on any atom is 0.244 e. The van der Waals surface area contributed by atoms with Crippen LogP contribution in [0.1, 0.15) is 0 Å². The van der Waals surface area contributed by atoms with Crippen molar-refractivity contribution >= 4 is 38.4 Å². The number of ether oxygens (including phenoxy) is 2. The van der Waals surface area contributed by atoms with Crippen LogP contribution in [0.3, 0.4) is 0 Å². The number of methoxy groups -OCH3 is 2. The van der Waals surface area contributed by atoms with Gasteiger partial charge in [-0.15, -0.1) is 0 Å². The molecule has 0 aliphatic carbocycles. The second-order valence-corrected chi connectivity index (χ2v) is 6.18. The minimum absolute atomic E-state index is 0.111. The number of hydrogen-bond acceptors (Lipinski definition) is 3. The van der Waals surface area contributed by atoms with Crippen molar-refractivity contribution in [2.24, 2.45) is 0 Å². The molecule has 0 atom stereocenters. The highest BCUT2D eigenvalue weighted by Crippen LogP contribution is 2.29. The van der Waals surface area contributed by atoms with E-state index in [9.17, 15) is 4.79 Å². The van der Waals surface area contributed by atoms with E-state index in [2.05, 4.69) is 21.2 Å². The molecule has 124 valence electrons. The summed E-state index contributed by atoms with van der Waals surface area (Å²) in [6.07, 6.45) is 1.91. The normalized spacial score (nSPS) is 10.6. The monoisotopic (exact) mass is 388 g/mol. The van der Waals surface area contributed by atoms with Crippen LogP contribution in [-0.4, -0.2) is 24.7 Å². The molecule has 0 saturated carbocycles. The SMILES string of the molecule is COc1ccc(NC(=O)Cn2ccc3ccc(Br)cc32)cc1OC. The summed E-state index contributed by atoms with van der Waals surface area (Å²) in [7, 11) is 3.14. The van der Waals surface area contributed by atoms with Gasteiger partial charge in [0.1, 0.15) is 6.54 Å². The van der Waals surface area contributed by atoms with E-state index in [1.807, 2.05) is 35.0 Å². The van der Waals surface area contributed by atoms with E-state index in [1.165, 1.54) is 0 Å². The maximum atomic E-state index is 12.3. The standard InChI is InChI=1S/C18H17BrN2O3/c1-23-16-6-5-14(10-17(16)24-2)20-18(22)11-21-8-7-12-3-4-13(19)9-15(12)21/h3-10H,11H2,1-2H3,(H,20,22). The number of halogens is 1. The Morgan fingerprint density at radius 3 is 2.62 bits per heavy atom. The number of amides is 1. The molecule has 3 rings (SSSR count). The number of rotatable bonds is 5. The first-order valence-electron chi connectivity index (χ1n) is 7.37. The lowest BCUT2D eigenvalue weighted by atomic mass is 10.2. The van der Waals surface area contributed by atoms with Crippen molar-refractivity contribution in [1.82, 2.24) is 4.57 Å². The second-order valence-electron chi connectivity index (χ2n) is 5.26. The number of nitrogens with zero attached hydrogens (tertiary/aromatic N) is 1. The molecule has 24 heavy (non-hydrogen) atoms. The molecule has 1 aromatic heterocycles. The smallest absolute Gasteiger partial charge is 0.244 e. The van der Waals surface area contributed by atoms with Crippen molar-refractivity contribution in [2.45, 2.75) is 6.54 Å². The molecule has 0 fully saturated rings. The van der Waals surface area contributed by atoms with Crippen molar-refractivity contribution in [2.75, 3.05) is 19.5 Å². The topological polar surface area (TPSA) is 52.5 Å². The number of carbonyl (C=O) groups excluding carboxylic acids is 1. The van der Waals surface area contributed by atoms with Gasteiger partial charge in [0.2, 0.25) is 5.91 Å². The van der Waals surface area contributed by atoms with Gasteiger partial charge in [0.05, 0.1) is 14.2 Å². The Balaban J connectivity index is 1.76. The predicted molar refractivity (Wildman–Crippen MR) is 97.8 cm³/mol. The van der Waals surface area contributed by atoms with Crippen LogP contribution < -0.4 is 14.8 Å². The van der Waals surface area contributed by atoms with Gasteiger partial charge in [0, 0.05) is 27.9 Å². The minimum Gasteiger partial charge on any atom is -0.493 e. The molecule has 0 aliphatic heterocycles. The highest BCUT2D eigenvalue weighted by atomic mass is 79.9. The number of hydrogen-bond donors (Lipinski definition) is 1. The van der Waals surface area contributed by atoms with E-state index in [0.717, 1.165) is 15.4 Å². The first-order valence-corrected chi connectivity index (χ1v) is 8.16. The average molecular weight is 389 g/mol. The number of anilines is 1. The van der Waals surface area contributed by atoms with Crippen molar-refractivity contribution < 1.29 is 14.3 Å². The third-order valence-corrected chi connectivity index (χ3v) is 4.21. The van der Waals surface area contributed by atoms with Crippen LogP contribution in [0.2, 0.25) is 0 Å². The number of fused-ring (bicyclic) bond motifs is 1. The third-order valence-electron chi connectivity index (χ3n) is 3.72. The number of benzene rings is 2. The molecule has 1 heterocycles. The van der Waals surface area contributed by atoms with Gasteiger partial charge in [-0.25, -0.2) is 0 Å². The Kier molecular flexibility index (Phi) is 4.76. The number of aromatic nitrogens is 1. The highest BCUT2D eigenvalue weighted by molar-refractivity contribution is 9.10. The number of carbonyl (C=O) groups is 1. The van der Waals surface area contributed by atoms with Crippen LogP contribution in [-0.2, 0) is 11.3 Å². The fraction of sp³-hybridized carbons (Fsp3) is 0.167. The molecule has 0 spiro atoms. The first kappa shape index (κ1) is 16.4. The highest BCUT2D eigenvalue weighted by Gasteiger charge is 2.09. The quantitative estimate of drug-likeness (QED) is 0.716. The van der Waals surface area contributed by atoms with Crippen LogP contribution in [0.25, 0.3) is 10.9 Å². The van der Waals surface area contributed by atoms with E-state index >= 15 is 0 Å². The predicted octanol–water partition coefficient (Wildman–Crippen LogP) is 4.06. The maximum absolute atomic E-state index is 12.3. The van der Waals surface area contributed by atoms with E-state index in [0.29, 0.717) is 17.2 Å². The van der Waals surface area contributed by atoms with E-state index in [4.69, 9.17) is 9.47 Å². The van der Waals surface area contributed by atoms with Gasteiger partial charge in [0.25, 0.3) is 0 Å². The Morgan fingerprint density at radius 1 is 1.08 bits per heavy atom. The Hall–Kier alpha value is -2.47. The lowest BCUT2D eigenvalue weighted by Crippen LogP contribution is -2.18. The second kappa shape index (κ2) is 6.97. The summed E-state index contributed by atoms with van der Waals surface area (Å²) < 4.78 is 13.3. The van der Waals surface area contributed by atoms with Crippen molar-refractivity contribution in [3.63, 3.8) is 0 Å². The van der Waals surface area contributed by atoms with Gasteiger partial charge in [-0.2, -0.15) is 0 Å². The summed E-state index contributed by atoms with van der Waals surface area (Å²) in [6, 6.07) is 13.3. The van der Waals surface area contributed by atoms with Crippen LogP contribution in [0.5, 0.6) is 11.5 Å². The summed E-state index contributed by atoms with van der Waals surface area (Å²) >= 11 is 3.46. The Morgan fingerprint density at radius 2 is 1.88 bits per heavy atom. The number of nitrogens with one attached hydrogen (secondary N) is 1. The van der Waals surface area contributed by atoms with Crippen LogP contribution >= 0.6 is 15.9 Å². The lowest BCUT2D eigenvalue weighted by Gasteiger charge is -2.11. The van der Waals surface area contributed by atoms with Crippen LogP contribution in [0, 0.1) is 0 Å². The summed E-state index contributed by atoms with van der Waals surface area (Å²) in [4.78, 5) is 12.3. The van der Waals surface area contributed by atoms with Gasteiger partial charge in [-0.05, 0) is 35.7 Å². The molecule has 5 nitrogen and oxygen atoms in total. The van der Waals surface area contributed by atoms with Gasteiger partial charge >= 0.3 is 0 Å². The van der Waals surface area contributed by atoms with Gasteiger partial charge < -0.3 is 19.4 Å². The molecule has 3 aromatic rings. The minimum atomic E-state index is -0.111. The fourth-order valence-corrected chi connectivity index (χ4v) is 2.91. The molecular weight excluding hydrogens is 372 g/mol. The summed E-state index contributed by atoms with van der Waals surface area (Å²) in [5.74, 6) is 1.09. The third kappa shape index (κ3) is 3.38. The zero-order chi connectivity index (χ0) is 17.1. The molecule has 0 bridgehead atoms. The molecule has 1 amide bonds. The molecule has 1 N–H and O–H groups in total. The van der Waals surface area contributed by atoms with Gasteiger partial charge in [-0.3, -0.25) is 4.79 Å². The van der Waals surface area contributed by atoms with Crippen molar-refractivity contribution in [1.29, 1.82) is 0 Å². The van der Waals surface area contributed by atoms with Crippen molar-refractivity contribution in [3.8, 4) is 11.5 Å². The largest absolute Gasteiger partial charge is 0.493 e. The molecule has 2 aromatic carbocycles. The zero-order valence-corrected chi connectivity index (χ0v) is 15.0. The van der Waals surface area contributed by atoms with Gasteiger partial charge in [-0.1, -0.05) is 22.0 Å². The van der Waals surface area contributed by atoms with Gasteiger partial charge in [0.15, 0.2) is 11.5 Å². The molecule has 0 unspecified atom stereocenters. The van der Waals surface area contributed by atoms with E-state index in [1.54, 1.807) is 32.4 Å². The molecule has 0 radical (unpaired) electrons.